The molecule has 0 bridgehead atoms. The van der Waals surface area contributed by atoms with Gasteiger partial charge in [-0.25, -0.2) is 0 Å². The van der Waals surface area contributed by atoms with Crippen LogP contribution in [0, 0.1) is 6.08 Å². The first-order valence-corrected chi connectivity index (χ1v) is 3.53. The molecule has 0 aromatic carbocycles. The fraction of sp³-hybridized carbons (Fsp3) is 0.200. The molecule has 0 N–H and O–H groups in total. The Morgan fingerprint density at radius 3 is 2.70 bits per heavy atom. The first-order valence-electron chi connectivity index (χ1n) is 3.53. The second kappa shape index (κ2) is 4.80. The fourth-order valence-corrected chi connectivity index (χ4v) is 0.733. The summed E-state index contributed by atoms with van der Waals surface area (Å²) >= 11 is 0. The molecule has 0 atom stereocenters. The number of allylic oxidation sites excluding steroid dienone is 8. The second-order valence-corrected chi connectivity index (χ2v) is 2.10. The van der Waals surface area contributed by atoms with E-state index in [2.05, 4.69) is 36.5 Å². The SMILES string of the molecule is [C]1=C\C=C/C/C=C\C=C/C/1. The minimum Gasteiger partial charge on any atom is -0.0808 e. The molecule has 0 saturated carbocycles. The molecule has 0 nitrogen and oxygen atoms in total. The Hall–Kier alpha value is -1.04. The highest BCUT2D eigenvalue weighted by molar-refractivity contribution is 5.10. The normalized spacial score (nSPS) is 30.4. The highest BCUT2D eigenvalue weighted by atomic mass is 13.8. The van der Waals surface area contributed by atoms with E-state index in [-0.39, 0.29) is 0 Å². The lowest BCUT2D eigenvalue weighted by atomic mass is 10.2. The largest absolute Gasteiger partial charge is 0.0808 e. The van der Waals surface area contributed by atoms with E-state index in [1.807, 2.05) is 12.2 Å². The molecule has 0 heteroatoms. The van der Waals surface area contributed by atoms with Crippen LogP contribution < -0.4 is 0 Å². The Labute approximate surface area is 62.3 Å². The summed E-state index contributed by atoms with van der Waals surface area (Å²) < 4.78 is 0. The van der Waals surface area contributed by atoms with E-state index in [1.165, 1.54) is 0 Å². The molecular formula is C10H11. The molecule has 0 unspecified atom stereocenters. The van der Waals surface area contributed by atoms with Crippen LogP contribution in [0.25, 0.3) is 0 Å². The third kappa shape index (κ3) is 3.08. The van der Waals surface area contributed by atoms with Gasteiger partial charge >= 0.3 is 0 Å². The minimum absolute atomic E-state index is 0.911. The molecule has 51 valence electrons. The molecule has 1 radical (unpaired) electrons. The molecule has 0 spiro atoms. The molecule has 10 heavy (non-hydrogen) atoms. The number of hydrogen-bond donors (Lipinski definition) is 0. The second-order valence-electron chi connectivity index (χ2n) is 2.10. The molecule has 1 aliphatic carbocycles. The van der Waals surface area contributed by atoms with Gasteiger partial charge in [0.05, 0.1) is 0 Å². The van der Waals surface area contributed by atoms with E-state index in [1.54, 1.807) is 0 Å². The molecule has 1 aliphatic rings. The van der Waals surface area contributed by atoms with Crippen LogP contribution in [-0.4, -0.2) is 0 Å². The van der Waals surface area contributed by atoms with E-state index < -0.39 is 0 Å². The monoisotopic (exact) mass is 131 g/mol. The first kappa shape index (κ1) is 7.07. The molecule has 0 amide bonds. The lowest BCUT2D eigenvalue weighted by molar-refractivity contribution is 1.32. The molecule has 0 aromatic heterocycles. The maximum absolute atomic E-state index is 3.12. The van der Waals surface area contributed by atoms with Crippen molar-refractivity contribution in [3.8, 4) is 0 Å². The fourth-order valence-electron chi connectivity index (χ4n) is 0.733. The predicted octanol–water partition coefficient (Wildman–Crippen LogP) is 2.81. The standard InChI is InChI=1S/C10H11/c1-2-4-6-8-10-9-7-5-3-1/h1-4,7,9-10H,5-6H2/b3-1-,4-2-,9-7-,10-8?. The average molecular weight is 131 g/mol. The maximum atomic E-state index is 3.12. The number of hydrogen-bond acceptors (Lipinski definition) is 0. The van der Waals surface area contributed by atoms with Crippen LogP contribution in [0.5, 0.6) is 0 Å². The van der Waals surface area contributed by atoms with Gasteiger partial charge < -0.3 is 0 Å². The van der Waals surface area contributed by atoms with Gasteiger partial charge in [-0.1, -0.05) is 42.5 Å². The maximum Gasteiger partial charge on any atom is -0.00915 e. The van der Waals surface area contributed by atoms with Crippen LogP contribution in [-0.2, 0) is 0 Å². The van der Waals surface area contributed by atoms with Gasteiger partial charge in [-0.15, -0.1) is 0 Å². The van der Waals surface area contributed by atoms with E-state index in [0.717, 1.165) is 12.8 Å². The summed E-state index contributed by atoms with van der Waals surface area (Å²) in [7, 11) is 0. The first-order chi connectivity index (χ1) is 5.00. The van der Waals surface area contributed by atoms with Crippen molar-refractivity contribution in [1.82, 2.24) is 0 Å². The van der Waals surface area contributed by atoms with Crippen LogP contribution in [0.4, 0.5) is 0 Å². The van der Waals surface area contributed by atoms with E-state index >= 15 is 0 Å². The van der Waals surface area contributed by atoms with Crippen molar-refractivity contribution in [3.05, 3.63) is 48.6 Å². The average Bonchev–Trinajstić information content (AvgIpc) is 2.01. The van der Waals surface area contributed by atoms with Crippen LogP contribution in [0.2, 0.25) is 0 Å². The van der Waals surface area contributed by atoms with Crippen LogP contribution in [0.1, 0.15) is 12.8 Å². The Kier molecular flexibility index (Phi) is 3.40. The molecule has 0 fully saturated rings. The zero-order valence-corrected chi connectivity index (χ0v) is 5.96. The Morgan fingerprint density at radius 2 is 1.70 bits per heavy atom. The van der Waals surface area contributed by atoms with Crippen molar-refractivity contribution in [1.29, 1.82) is 0 Å². The molecule has 1 rings (SSSR count). The van der Waals surface area contributed by atoms with Gasteiger partial charge in [-0.2, -0.15) is 0 Å². The number of rotatable bonds is 0. The van der Waals surface area contributed by atoms with Crippen molar-refractivity contribution >= 4 is 0 Å². The summed E-state index contributed by atoms with van der Waals surface area (Å²) in [6.45, 7) is 0. The quantitative estimate of drug-likeness (QED) is 0.474. The zero-order valence-electron chi connectivity index (χ0n) is 5.96. The van der Waals surface area contributed by atoms with E-state index in [4.69, 9.17) is 0 Å². The van der Waals surface area contributed by atoms with E-state index in [0.29, 0.717) is 0 Å². The topological polar surface area (TPSA) is 0 Å². The lowest BCUT2D eigenvalue weighted by Crippen LogP contribution is -1.63. The smallest absolute Gasteiger partial charge is 0.00915 e. The summed E-state index contributed by atoms with van der Waals surface area (Å²) in [5.74, 6) is 0. The van der Waals surface area contributed by atoms with Gasteiger partial charge in [0.15, 0.2) is 0 Å². The Bertz CT molecular complexity index is 138. The van der Waals surface area contributed by atoms with Gasteiger partial charge in [0.2, 0.25) is 0 Å². The van der Waals surface area contributed by atoms with Gasteiger partial charge in [-0.05, 0) is 18.9 Å². The van der Waals surface area contributed by atoms with Crippen molar-refractivity contribution < 1.29 is 0 Å². The molecular weight excluding hydrogens is 120 g/mol. The summed E-state index contributed by atoms with van der Waals surface area (Å²) in [4.78, 5) is 0. The van der Waals surface area contributed by atoms with Crippen molar-refractivity contribution in [2.45, 2.75) is 12.8 Å². The van der Waals surface area contributed by atoms with Gasteiger partial charge in [0.25, 0.3) is 0 Å². The zero-order chi connectivity index (χ0) is 7.07. The molecule has 0 heterocycles. The van der Waals surface area contributed by atoms with Gasteiger partial charge in [0, 0.05) is 0 Å². The molecule has 0 aliphatic heterocycles. The molecule has 0 saturated heterocycles. The van der Waals surface area contributed by atoms with Crippen LogP contribution in [0.3, 0.4) is 0 Å². The van der Waals surface area contributed by atoms with Crippen molar-refractivity contribution in [2.75, 3.05) is 0 Å². The van der Waals surface area contributed by atoms with E-state index in [9.17, 15) is 0 Å². The van der Waals surface area contributed by atoms with Crippen LogP contribution in [0.15, 0.2) is 42.5 Å². The van der Waals surface area contributed by atoms with Gasteiger partial charge in [-0.3, -0.25) is 0 Å². The predicted molar refractivity (Wildman–Crippen MR) is 44.5 cm³/mol. The van der Waals surface area contributed by atoms with Crippen molar-refractivity contribution in [3.63, 3.8) is 0 Å². The summed E-state index contributed by atoms with van der Waals surface area (Å²) in [5, 5.41) is 0. The van der Waals surface area contributed by atoms with Crippen molar-refractivity contribution in [2.24, 2.45) is 0 Å². The summed E-state index contributed by atoms with van der Waals surface area (Å²) in [6, 6.07) is 0. The summed E-state index contributed by atoms with van der Waals surface area (Å²) in [6.07, 6.45) is 19.5. The highest BCUT2D eigenvalue weighted by Gasteiger charge is 1.73. The Balaban J connectivity index is 2.50. The third-order valence-corrected chi connectivity index (χ3v) is 1.24. The minimum atomic E-state index is 0.911. The lowest BCUT2D eigenvalue weighted by Gasteiger charge is -1.83. The highest BCUT2D eigenvalue weighted by Crippen LogP contribution is 1.93. The summed E-state index contributed by atoms with van der Waals surface area (Å²) in [5.41, 5.74) is 0. The Morgan fingerprint density at radius 1 is 0.900 bits per heavy atom. The van der Waals surface area contributed by atoms with Crippen LogP contribution >= 0.6 is 0 Å². The van der Waals surface area contributed by atoms with Gasteiger partial charge in [0.1, 0.15) is 0 Å². The third-order valence-electron chi connectivity index (χ3n) is 1.24. The molecule has 0 aromatic rings.